The molecule has 0 spiro atoms. The van der Waals surface area contributed by atoms with Gasteiger partial charge in [0.25, 0.3) is 0 Å². The van der Waals surface area contributed by atoms with Gasteiger partial charge >= 0.3 is 0 Å². The molecule has 0 fully saturated rings. The summed E-state index contributed by atoms with van der Waals surface area (Å²) in [4.78, 5) is 0. The monoisotopic (exact) mass is 281 g/mol. The van der Waals surface area contributed by atoms with Crippen LogP contribution in [0.15, 0.2) is 48.5 Å². The van der Waals surface area contributed by atoms with Gasteiger partial charge in [-0.3, -0.25) is 0 Å². The van der Waals surface area contributed by atoms with Crippen molar-refractivity contribution in [3.63, 3.8) is 0 Å². The first-order valence-electron chi connectivity index (χ1n) is 7.93. The van der Waals surface area contributed by atoms with E-state index in [1.54, 1.807) is 0 Å². The van der Waals surface area contributed by atoms with Gasteiger partial charge in [0, 0.05) is 12.1 Å². The minimum atomic E-state index is 0.401. The first-order chi connectivity index (χ1) is 10.0. The molecule has 1 N–H and O–H groups in total. The lowest BCUT2D eigenvalue weighted by atomic mass is 10.0. The number of nitrogens with one attached hydrogen (secondary N) is 1. The molecule has 2 rings (SSSR count). The fourth-order valence-corrected chi connectivity index (χ4v) is 2.71. The summed E-state index contributed by atoms with van der Waals surface area (Å²) < 4.78 is 0. The Hall–Kier alpha value is -1.60. The van der Waals surface area contributed by atoms with Crippen molar-refractivity contribution in [1.29, 1.82) is 0 Å². The molecule has 112 valence electrons. The van der Waals surface area contributed by atoms with Crippen LogP contribution in [0.1, 0.15) is 48.6 Å². The molecule has 0 amide bonds. The smallest absolute Gasteiger partial charge is 0.0294 e. The highest BCUT2D eigenvalue weighted by Gasteiger charge is 2.09. The SMILES string of the molecule is Cc1ccc([C@H](C)NC(C)CCc2cccc(C)c2)cc1. The Kier molecular flexibility index (Phi) is 5.58. The van der Waals surface area contributed by atoms with Crippen LogP contribution >= 0.6 is 0 Å². The molecule has 0 heterocycles. The van der Waals surface area contributed by atoms with Gasteiger partial charge in [-0.25, -0.2) is 0 Å². The van der Waals surface area contributed by atoms with Crippen LogP contribution in [0.2, 0.25) is 0 Å². The van der Waals surface area contributed by atoms with Gasteiger partial charge in [-0.1, -0.05) is 59.7 Å². The predicted octanol–water partition coefficient (Wildman–Crippen LogP) is 4.98. The quantitative estimate of drug-likeness (QED) is 0.787. The summed E-state index contributed by atoms with van der Waals surface area (Å²) in [7, 11) is 0. The van der Waals surface area contributed by atoms with E-state index < -0.39 is 0 Å². The standard InChI is InChI=1S/C20H27N/c1-15-8-12-20(13-9-15)18(4)21-17(3)10-11-19-7-5-6-16(2)14-19/h5-9,12-14,17-18,21H,10-11H2,1-4H3/t17?,18-/m0/s1. The summed E-state index contributed by atoms with van der Waals surface area (Å²) in [6, 6.07) is 18.6. The molecule has 2 aromatic carbocycles. The minimum Gasteiger partial charge on any atom is -0.308 e. The average molecular weight is 281 g/mol. The zero-order valence-corrected chi connectivity index (χ0v) is 13.7. The third-order valence-corrected chi connectivity index (χ3v) is 4.06. The molecule has 0 aliphatic rings. The molecule has 0 aliphatic carbocycles. The molecule has 1 unspecified atom stereocenters. The van der Waals surface area contributed by atoms with Crippen molar-refractivity contribution in [2.75, 3.05) is 0 Å². The summed E-state index contributed by atoms with van der Waals surface area (Å²) in [5, 5.41) is 3.70. The van der Waals surface area contributed by atoms with Gasteiger partial charge in [-0.15, -0.1) is 0 Å². The Labute approximate surface area is 129 Å². The van der Waals surface area contributed by atoms with Crippen LogP contribution in [0.5, 0.6) is 0 Å². The molecule has 0 radical (unpaired) electrons. The second kappa shape index (κ2) is 7.42. The highest BCUT2D eigenvalue weighted by atomic mass is 14.9. The summed E-state index contributed by atoms with van der Waals surface area (Å²) in [5.41, 5.74) is 5.47. The van der Waals surface area contributed by atoms with Crippen LogP contribution in [0.3, 0.4) is 0 Å². The van der Waals surface area contributed by atoms with Crippen LogP contribution in [-0.2, 0) is 6.42 Å². The Morgan fingerprint density at radius 2 is 1.62 bits per heavy atom. The lowest BCUT2D eigenvalue weighted by Crippen LogP contribution is -2.29. The summed E-state index contributed by atoms with van der Waals surface area (Å²) in [5.74, 6) is 0. The third kappa shape index (κ3) is 5.02. The molecule has 0 saturated heterocycles. The normalized spacial score (nSPS) is 13.9. The predicted molar refractivity (Wildman–Crippen MR) is 91.7 cm³/mol. The first kappa shape index (κ1) is 15.8. The molecular weight excluding hydrogens is 254 g/mol. The van der Waals surface area contributed by atoms with Crippen molar-refractivity contribution >= 4 is 0 Å². The fraction of sp³-hybridized carbons (Fsp3) is 0.400. The maximum atomic E-state index is 3.70. The van der Waals surface area contributed by atoms with Gasteiger partial charge in [0.1, 0.15) is 0 Å². The van der Waals surface area contributed by atoms with E-state index in [0.717, 1.165) is 6.42 Å². The summed E-state index contributed by atoms with van der Waals surface area (Å²) in [6.45, 7) is 8.81. The summed E-state index contributed by atoms with van der Waals surface area (Å²) in [6.07, 6.45) is 2.30. The van der Waals surface area contributed by atoms with Crippen LogP contribution in [0, 0.1) is 13.8 Å². The number of hydrogen-bond donors (Lipinski definition) is 1. The van der Waals surface area contributed by atoms with Crippen LogP contribution < -0.4 is 5.32 Å². The van der Waals surface area contributed by atoms with E-state index in [9.17, 15) is 0 Å². The van der Waals surface area contributed by atoms with E-state index >= 15 is 0 Å². The van der Waals surface area contributed by atoms with Crippen LogP contribution in [0.25, 0.3) is 0 Å². The Balaban J connectivity index is 1.83. The van der Waals surface area contributed by atoms with E-state index in [1.165, 1.54) is 28.7 Å². The van der Waals surface area contributed by atoms with Crippen molar-refractivity contribution < 1.29 is 0 Å². The molecule has 1 heteroatoms. The van der Waals surface area contributed by atoms with E-state index in [-0.39, 0.29) is 0 Å². The highest BCUT2D eigenvalue weighted by Crippen LogP contribution is 2.15. The van der Waals surface area contributed by atoms with Crippen molar-refractivity contribution in [2.45, 2.75) is 52.6 Å². The molecule has 2 atom stereocenters. The zero-order valence-electron chi connectivity index (χ0n) is 13.7. The number of aryl methyl sites for hydroxylation is 3. The van der Waals surface area contributed by atoms with E-state index in [1.807, 2.05) is 0 Å². The number of hydrogen-bond acceptors (Lipinski definition) is 1. The van der Waals surface area contributed by atoms with Gasteiger partial charge in [0.15, 0.2) is 0 Å². The Morgan fingerprint density at radius 1 is 0.905 bits per heavy atom. The number of rotatable bonds is 6. The van der Waals surface area contributed by atoms with E-state index in [2.05, 4.69) is 81.5 Å². The molecule has 0 aliphatic heterocycles. The molecule has 2 aromatic rings. The van der Waals surface area contributed by atoms with Crippen molar-refractivity contribution in [1.82, 2.24) is 5.32 Å². The van der Waals surface area contributed by atoms with Crippen molar-refractivity contribution in [3.8, 4) is 0 Å². The van der Waals surface area contributed by atoms with Gasteiger partial charge in [-0.2, -0.15) is 0 Å². The molecule has 0 aromatic heterocycles. The number of benzene rings is 2. The Morgan fingerprint density at radius 3 is 2.29 bits per heavy atom. The van der Waals surface area contributed by atoms with Crippen molar-refractivity contribution in [2.24, 2.45) is 0 Å². The molecule has 0 saturated carbocycles. The summed E-state index contributed by atoms with van der Waals surface area (Å²) >= 11 is 0. The lowest BCUT2D eigenvalue weighted by Gasteiger charge is -2.20. The molecule has 1 nitrogen and oxygen atoms in total. The van der Waals surface area contributed by atoms with Crippen LogP contribution in [-0.4, -0.2) is 6.04 Å². The second-order valence-electron chi connectivity index (χ2n) is 6.23. The Bertz CT molecular complexity index is 556. The highest BCUT2D eigenvalue weighted by molar-refractivity contribution is 5.24. The third-order valence-electron chi connectivity index (χ3n) is 4.06. The maximum Gasteiger partial charge on any atom is 0.0294 e. The average Bonchev–Trinajstić information content (AvgIpc) is 2.46. The van der Waals surface area contributed by atoms with Gasteiger partial charge in [0.05, 0.1) is 0 Å². The van der Waals surface area contributed by atoms with Crippen LogP contribution in [0.4, 0.5) is 0 Å². The van der Waals surface area contributed by atoms with Crippen molar-refractivity contribution in [3.05, 3.63) is 70.8 Å². The largest absolute Gasteiger partial charge is 0.308 e. The maximum absolute atomic E-state index is 3.70. The lowest BCUT2D eigenvalue weighted by molar-refractivity contribution is 0.456. The topological polar surface area (TPSA) is 12.0 Å². The minimum absolute atomic E-state index is 0.401. The molecular formula is C20H27N. The zero-order chi connectivity index (χ0) is 15.2. The second-order valence-corrected chi connectivity index (χ2v) is 6.23. The molecule has 0 bridgehead atoms. The van der Waals surface area contributed by atoms with Gasteiger partial charge < -0.3 is 5.32 Å². The van der Waals surface area contributed by atoms with E-state index in [0.29, 0.717) is 12.1 Å². The first-order valence-corrected chi connectivity index (χ1v) is 7.93. The van der Waals surface area contributed by atoms with E-state index in [4.69, 9.17) is 0 Å². The van der Waals surface area contributed by atoms with Gasteiger partial charge in [-0.05, 0) is 51.7 Å². The fourth-order valence-electron chi connectivity index (χ4n) is 2.71. The van der Waals surface area contributed by atoms with Gasteiger partial charge in [0.2, 0.25) is 0 Å². The molecule has 21 heavy (non-hydrogen) atoms.